The second kappa shape index (κ2) is 13.6. The molecular weight excluding hydrogens is 506 g/mol. The highest BCUT2D eigenvalue weighted by atomic mass is 16.6. The molecule has 2 N–H and O–H groups in total. The van der Waals surface area contributed by atoms with Crippen molar-refractivity contribution < 1.29 is 23.9 Å². The van der Waals surface area contributed by atoms with Crippen LogP contribution in [0.1, 0.15) is 50.4 Å². The molecule has 0 aromatic heterocycles. The number of benzene rings is 3. The fourth-order valence-electron chi connectivity index (χ4n) is 4.39. The number of anilines is 1. The summed E-state index contributed by atoms with van der Waals surface area (Å²) in [7, 11) is 1.57. The fraction of sp³-hybridized carbons (Fsp3) is 0.344. The molecule has 8 nitrogen and oxygen atoms in total. The van der Waals surface area contributed by atoms with Gasteiger partial charge in [-0.1, -0.05) is 54.6 Å². The number of amides is 3. The van der Waals surface area contributed by atoms with Gasteiger partial charge >= 0.3 is 6.09 Å². The average molecular weight is 546 g/mol. The summed E-state index contributed by atoms with van der Waals surface area (Å²) >= 11 is 0. The van der Waals surface area contributed by atoms with E-state index in [9.17, 15) is 14.4 Å². The van der Waals surface area contributed by atoms with Crippen molar-refractivity contribution in [2.45, 2.75) is 58.7 Å². The Balaban J connectivity index is 1.99. The lowest BCUT2D eigenvalue weighted by atomic mass is 9.97. The lowest BCUT2D eigenvalue weighted by molar-refractivity contribution is -0.140. The number of carbonyl (C=O) groups excluding carboxylic acids is 3. The van der Waals surface area contributed by atoms with Crippen molar-refractivity contribution in [3.05, 3.63) is 95.6 Å². The smallest absolute Gasteiger partial charge is 0.408 e. The van der Waals surface area contributed by atoms with Crippen LogP contribution in [0.5, 0.6) is 5.75 Å². The summed E-state index contributed by atoms with van der Waals surface area (Å²) in [5, 5.41) is 5.71. The molecule has 3 aromatic carbocycles. The van der Waals surface area contributed by atoms with Crippen LogP contribution in [-0.2, 0) is 20.7 Å². The highest BCUT2D eigenvalue weighted by Crippen LogP contribution is 2.27. The van der Waals surface area contributed by atoms with Gasteiger partial charge in [-0.2, -0.15) is 0 Å². The normalized spacial score (nSPS) is 12.6. The van der Waals surface area contributed by atoms with Gasteiger partial charge in [-0.15, -0.1) is 0 Å². The topological polar surface area (TPSA) is 97.0 Å². The summed E-state index contributed by atoms with van der Waals surface area (Å²) in [6, 6.07) is 22.0. The number of hydrogen-bond acceptors (Lipinski definition) is 5. The highest BCUT2D eigenvalue weighted by Gasteiger charge is 2.36. The number of nitrogens with one attached hydrogen (secondary N) is 2. The molecule has 40 heavy (non-hydrogen) atoms. The first-order chi connectivity index (χ1) is 19.0. The summed E-state index contributed by atoms with van der Waals surface area (Å²) in [5.74, 6) is -0.100. The van der Waals surface area contributed by atoms with Gasteiger partial charge in [-0.3, -0.25) is 9.59 Å². The van der Waals surface area contributed by atoms with E-state index >= 15 is 0 Å². The Morgan fingerprint density at radius 1 is 0.900 bits per heavy atom. The van der Waals surface area contributed by atoms with Gasteiger partial charge in [0.2, 0.25) is 5.91 Å². The van der Waals surface area contributed by atoms with E-state index in [1.54, 1.807) is 52.1 Å². The molecule has 0 fully saturated rings. The zero-order valence-electron chi connectivity index (χ0n) is 24.1. The first-order valence-corrected chi connectivity index (χ1v) is 13.4. The van der Waals surface area contributed by atoms with E-state index in [4.69, 9.17) is 9.47 Å². The summed E-state index contributed by atoms with van der Waals surface area (Å²) in [4.78, 5) is 42.4. The Hall–Kier alpha value is -4.33. The third-order valence-electron chi connectivity index (χ3n) is 6.30. The van der Waals surface area contributed by atoms with E-state index < -0.39 is 29.7 Å². The largest absolute Gasteiger partial charge is 0.497 e. The summed E-state index contributed by atoms with van der Waals surface area (Å²) in [5.41, 5.74) is 2.25. The molecule has 8 heteroatoms. The number of alkyl carbamates (subject to hydrolysis) is 1. The Morgan fingerprint density at radius 2 is 1.52 bits per heavy atom. The van der Waals surface area contributed by atoms with Gasteiger partial charge in [0, 0.05) is 18.7 Å². The monoisotopic (exact) mass is 545 g/mol. The number of carbonyl (C=O) groups is 3. The summed E-state index contributed by atoms with van der Waals surface area (Å²) in [6.45, 7) is 9.23. The summed E-state index contributed by atoms with van der Waals surface area (Å²) in [6.07, 6.45) is -0.469. The van der Waals surface area contributed by atoms with E-state index in [1.807, 2.05) is 68.4 Å². The Morgan fingerprint density at radius 3 is 2.10 bits per heavy atom. The predicted octanol–water partition coefficient (Wildman–Crippen LogP) is 5.67. The van der Waals surface area contributed by atoms with Gasteiger partial charge in [-0.25, -0.2) is 4.79 Å². The predicted molar refractivity (Wildman–Crippen MR) is 156 cm³/mol. The molecule has 0 bridgehead atoms. The number of methoxy groups -OCH3 is 1. The lowest BCUT2D eigenvalue weighted by Gasteiger charge is -2.34. The number of aryl methyl sites for hydroxylation is 1. The second-order valence-corrected chi connectivity index (χ2v) is 10.5. The van der Waals surface area contributed by atoms with Gasteiger partial charge in [0.1, 0.15) is 23.4 Å². The van der Waals surface area contributed by atoms with Gasteiger partial charge in [0.15, 0.2) is 0 Å². The fourth-order valence-corrected chi connectivity index (χ4v) is 4.39. The van der Waals surface area contributed by atoms with Crippen LogP contribution in [0.4, 0.5) is 10.5 Å². The van der Waals surface area contributed by atoms with Crippen molar-refractivity contribution in [2.75, 3.05) is 19.0 Å². The molecule has 0 spiro atoms. The van der Waals surface area contributed by atoms with E-state index in [0.29, 0.717) is 17.0 Å². The third kappa shape index (κ3) is 8.33. The first-order valence-electron chi connectivity index (χ1n) is 13.4. The highest BCUT2D eigenvalue weighted by molar-refractivity contribution is 5.99. The molecule has 3 aromatic rings. The maximum absolute atomic E-state index is 14.2. The maximum atomic E-state index is 14.2. The van der Waals surface area contributed by atoms with Crippen LogP contribution in [0.2, 0.25) is 0 Å². The standard InChI is InChI=1S/C32H39N3O5/c1-7-35(30(37)27(21-23-14-9-8-10-15-23)34-31(38)40-32(3,4)5)28(26-16-12-11-13-22(26)2)29(36)33-24-17-19-25(39-6)20-18-24/h8-20,27-28H,7,21H2,1-6H3,(H,33,36)(H,34,38). The Labute approximate surface area is 236 Å². The van der Waals surface area contributed by atoms with Crippen molar-refractivity contribution in [3.8, 4) is 5.75 Å². The third-order valence-corrected chi connectivity index (χ3v) is 6.30. The molecular formula is C32H39N3O5. The molecule has 0 aliphatic heterocycles. The minimum atomic E-state index is -0.961. The molecule has 2 atom stereocenters. The molecule has 2 unspecified atom stereocenters. The quantitative estimate of drug-likeness (QED) is 0.342. The minimum absolute atomic E-state index is 0.231. The summed E-state index contributed by atoms with van der Waals surface area (Å²) < 4.78 is 10.7. The van der Waals surface area contributed by atoms with Crippen LogP contribution in [-0.4, -0.2) is 48.1 Å². The number of ether oxygens (including phenoxy) is 2. The van der Waals surface area contributed by atoms with Crippen LogP contribution >= 0.6 is 0 Å². The van der Waals surface area contributed by atoms with E-state index in [-0.39, 0.29) is 18.9 Å². The van der Waals surface area contributed by atoms with Crippen LogP contribution < -0.4 is 15.4 Å². The Kier molecular flexibility index (Phi) is 10.3. The maximum Gasteiger partial charge on any atom is 0.408 e. The molecule has 0 aliphatic rings. The van der Waals surface area contributed by atoms with Crippen molar-refractivity contribution in [1.29, 1.82) is 0 Å². The van der Waals surface area contributed by atoms with Crippen LogP contribution in [0, 0.1) is 6.92 Å². The van der Waals surface area contributed by atoms with Crippen molar-refractivity contribution in [2.24, 2.45) is 0 Å². The van der Waals surface area contributed by atoms with Gasteiger partial charge in [0.25, 0.3) is 5.91 Å². The van der Waals surface area contributed by atoms with Crippen LogP contribution in [0.15, 0.2) is 78.9 Å². The zero-order valence-corrected chi connectivity index (χ0v) is 24.1. The molecule has 0 saturated heterocycles. The van der Waals surface area contributed by atoms with E-state index in [1.165, 1.54) is 4.90 Å². The lowest BCUT2D eigenvalue weighted by Crippen LogP contribution is -2.53. The molecule has 0 radical (unpaired) electrons. The average Bonchev–Trinajstić information content (AvgIpc) is 2.91. The molecule has 212 valence electrons. The number of hydrogen-bond donors (Lipinski definition) is 2. The minimum Gasteiger partial charge on any atom is -0.497 e. The van der Waals surface area contributed by atoms with Gasteiger partial charge in [0.05, 0.1) is 7.11 Å². The number of rotatable bonds is 10. The van der Waals surface area contributed by atoms with Crippen LogP contribution in [0.3, 0.4) is 0 Å². The van der Waals surface area contributed by atoms with Crippen molar-refractivity contribution in [1.82, 2.24) is 10.2 Å². The number of nitrogens with zero attached hydrogens (tertiary/aromatic N) is 1. The zero-order chi connectivity index (χ0) is 29.3. The SMILES string of the molecule is CCN(C(=O)C(Cc1ccccc1)NC(=O)OC(C)(C)C)C(C(=O)Nc1ccc(OC)cc1)c1ccccc1C. The van der Waals surface area contributed by atoms with Crippen LogP contribution in [0.25, 0.3) is 0 Å². The molecule has 3 rings (SSSR count). The molecule has 0 aliphatic carbocycles. The second-order valence-electron chi connectivity index (χ2n) is 10.5. The molecule has 0 heterocycles. The number of likely N-dealkylation sites (N-methyl/N-ethyl adjacent to an activating group) is 1. The Bertz CT molecular complexity index is 1290. The van der Waals surface area contributed by atoms with Gasteiger partial charge in [-0.05, 0) is 75.6 Å². The van der Waals surface area contributed by atoms with Gasteiger partial charge < -0.3 is 25.0 Å². The van der Waals surface area contributed by atoms with E-state index in [0.717, 1.165) is 11.1 Å². The first kappa shape index (κ1) is 30.2. The molecule has 0 saturated carbocycles. The van der Waals surface area contributed by atoms with Crippen molar-refractivity contribution >= 4 is 23.6 Å². The van der Waals surface area contributed by atoms with Crippen molar-refractivity contribution in [3.63, 3.8) is 0 Å². The van der Waals surface area contributed by atoms with E-state index in [2.05, 4.69) is 10.6 Å². The molecule has 3 amide bonds.